The zero-order valence-electron chi connectivity index (χ0n) is 11.2. The Morgan fingerprint density at radius 2 is 1.80 bits per heavy atom. The molecular formula is C15H16ClNO3. The molecule has 0 N–H and O–H groups in total. The molecule has 4 nitrogen and oxygen atoms in total. The van der Waals surface area contributed by atoms with E-state index in [1.165, 1.54) is 4.90 Å². The first-order valence-electron chi connectivity index (χ1n) is 6.81. The average molecular weight is 294 g/mol. The summed E-state index contributed by atoms with van der Waals surface area (Å²) in [4.78, 5) is 25.8. The molecule has 0 aromatic heterocycles. The van der Waals surface area contributed by atoms with Crippen molar-refractivity contribution < 1.29 is 14.3 Å². The topological polar surface area (TPSA) is 46.6 Å². The number of nitrogens with zero attached hydrogens (tertiary/aromatic N) is 1. The molecule has 0 bridgehead atoms. The molecule has 0 unspecified atom stereocenters. The fourth-order valence-corrected chi connectivity index (χ4v) is 3.36. The number of ether oxygens (including phenoxy) is 1. The van der Waals surface area contributed by atoms with Crippen LogP contribution in [-0.4, -0.2) is 40.8 Å². The highest BCUT2D eigenvalue weighted by Gasteiger charge is 2.38. The predicted molar refractivity (Wildman–Crippen MR) is 75.0 cm³/mol. The molecule has 0 radical (unpaired) electrons. The smallest absolute Gasteiger partial charge is 0.261 e. The van der Waals surface area contributed by atoms with E-state index in [2.05, 4.69) is 0 Å². The van der Waals surface area contributed by atoms with Crippen LogP contribution in [0.25, 0.3) is 0 Å². The number of benzene rings is 1. The molecule has 2 heterocycles. The number of imide groups is 1. The molecule has 0 saturated carbocycles. The number of carbonyl (C=O) groups excluding carboxylic acids is 2. The third-order valence-corrected chi connectivity index (χ3v) is 4.15. The van der Waals surface area contributed by atoms with E-state index in [9.17, 15) is 9.59 Å². The van der Waals surface area contributed by atoms with E-state index in [1.807, 2.05) is 6.92 Å². The zero-order valence-corrected chi connectivity index (χ0v) is 12.0. The lowest BCUT2D eigenvalue weighted by Gasteiger charge is -2.32. The lowest BCUT2D eigenvalue weighted by molar-refractivity contribution is -0.0463. The summed E-state index contributed by atoms with van der Waals surface area (Å²) in [6, 6.07) is 6.90. The van der Waals surface area contributed by atoms with Crippen molar-refractivity contribution in [1.29, 1.82) is 0 Å². The van der Waals surface area contributed by atoms with Crippen LogP contribution in [-0.2, 0) is 4.74 Å². The van der Waals surface area contributed by atoms with Crippen LogP contribution in [0.15, 0.2) is 24.3 Å². The van der Waals surface area contributed by atoms with Crippen LogP contribution >= 0.6 is 11.6 Å². The molecule has 0 spiro atoms. The third kappa shape index (κ3) is 2.34. The maximum Gasteiger partial charge on any atom is 0.261 e. The SMILES string of the molecule is C[C@@H]1C[C@@H](Cl)C[C@H](CN2C(=O)c3ccccc3C2=O)O1. The second-order valence-electron chi connectivity index (χ2n) is 5.40. The van der Waals surface area contributed by atoms with Crippen LogP contribution < -0.4 is 0 Å². The number of amides is 2. The Bertz CT molecular complexity index is 515. The first-order chi connectivity index (χ1) is 9.56. The largest absolute Gasteiger partial charge is 0.373 e. The molecule has 106 valence electrons. The summed E-state index contributed by atoms with van der Waals surface area (Å²) in [6.45, 7) is 2.24. The maximum atomic E-state index is 12.3. The second-order valence-corrected chi connectivity index (χ2v) is 6.02. The summed E-state index contributed by atoms with van der Waals surface area (Å²) in [6.07, 6.45) is 1.36. The number of alkyl halides is 1. The average Bonchev–Trinajstić information content (AvgIpc) is 2.64. The van der Waals surface area contributed by atoms with E-state index >= 15 is 0 Å². The van der Waals surface area contributed by atoms with E-state index in [-0.39, 0.29) is 35.9 Å². The minimum Gasteiger partial charge on any atom is -0.373 e. The number of rotatable bonds is 2. The molecular weight excluding hydrogens is 278 g/mol. The molecule has 5 heteroatoms. The van der Waals surface area contributed by atoms with Gasteiger partial charge in [-0.05, 0) is 31.9 Å². The van der Waals surface area contributed by atoms with Crippen molar-refractivity contribution in [3.8, 4) is 0 Å². The predicted octanol–water partition coefficient (Wildman–Crippen LogP) is 2.46. The molecule has 20 heavy (non-hydrogen) atoms. The van der Waals surface area contributed by atoms with E-state index < -0.39 is 0 Å². The zero-order chi connectivity index (χ0) is 14.3. The fourth-order valence-electron chi connectivity index (χ4n) is 2.91. The molecule has 2 aliphatic heterocycles. The van der Waals surface area contributed by atoms with Gasteiger partial charge in [-0.1, -0.05) is 12.1 Å². The Balaban J connectivity index is 1.76. The number of fused-ring (bicyclic) bond motifs is 1. The Hall–Kier alpha value is -1.39. The van der Waals surface area contributed by atoms with Crippen LogP contribution in [0.5, 0.6) is 0 Å². The third-order valence-electron chi connectivity index (χ3n) is 3.80. The Kier molecular flexibility index (Phi) is 3.52. The molecule has 3 atom stereocenters. The van der Waals surface area contributed by atoms with Crippen molar-refractivity contribution >= 4 is 23.4 Å². The summed E-state index contributed by atoms with van der Waals surface area (Å²) in [5, 5.41) is 0.0407. The van der Waals surface area contributed by atoms with Crippen molar-refractivity contribution in [3.63, 3.8) is 0 Å². The van der Waals surface area contributed by atoms with E-state index in [1.54, 1.807) is 24.3 Å². The van der Waals surface area contributed by atoms with Crippen LogP contribution in [0, 0.1) is 0 Å². The van der Waals surface area contributed by atoms with Crippen LogP contribution in [0.1, 0.15) is 40.5 Å². The van der Waals surface area contributed by atoms with Crippen molar-refractivity contribution in [2.75, 3.05) is 6.54 Å². The Morgan fingerprint density at radius 3 is 2.35 bits per heavy atom. The van der Waals surface area contributed by atoms with Gasteiger partial charge in [-0.2, -0.15) is 0 Å². The van der Waals surface area contributed by atoms with Crippen molar-refractivity contribution in [3.05, 3.63) is 35.4 Å². The van der Waals surface area contributed by atoms with Gasteiger partial charge in [0.2, 0.25) is 0 Å². The monoisotopic (exact) mass is 293 g/mol. The molecule has 3 rings (SSSR count). The normalized spacial score (nSPS) is 29.7. The minimum atomic E-state index is -0.237. The standard InChI is InChI=1S/C15H16ClNO3/c1-9-6-10(16)7-11(20-9)8-17-14(18)12-4-2-3-5-13(12)15(17)19/h2-5,9-11H,6-8H2,1H3/t9-,10-,11-/m1/s1. The Morgan fingerprint density at radius 1 is 1.20 bits per heavy atom. The van der Waals surface area contributed by atoms with Crippen LogP contribution in [0.2, 0.25) is 0 Å². The molecule has 1 aromatic rings. The highest BCUT2D eigenvalue weighted by Crippen LogP contribution is 2.27. The highest BCUT2D eigenvalue weighted by molar-refractivity contribution is 6.21. The van der Waals surface area contributed by atoms with Crippen molar-refractivity contribution in [2.24, 2.45) is 0 Å². The minimum absolute atomic E-state index is 0.0407. The lowest BCUT2D eigenvalue weighted by atomic mass is 10.0. The summed E-state index contributed by atoms with van der Waals surface area (Å²) < 4.78 is 5.78. The van der Waals surface area contributed by atoms with Crippen molar-refractivity contribution in [1.82, 2.24) is 4.90 Å². The van der Waals surface area contributed by atoms with Gasteiger partial charge < -0.3 is 4.74 Å². The lowest BCUT2D eigenvalue weighted by Crippen LogP contribution is -2.43. The first kappa shape index (κ1) is 13.6. The molecule has 0 aliphatic carbocycles. The molecule has 2 amide bonds. The number of carbonyl (C=O) groups is 2. The fraction of sp³-hybridized carbons (Fsp3) is 0.467. The van der Waals surface area contributed by atoms with Crippen molar-refractivity contribution in [2.45, 2.75) is 37.4 Å². The van der Waals surface area contributed by atoms with E-state index in [0.717, 1.165) is 6.42 Å². The van der Waals surface area contributed by atoms with Gasteiger partial charge in [-0.25, -0.2) is 0 Å². The summed E-state index contributed by atoms with van der Waals surface area (Å²) in [5.74, 6) is -0.475. The van der Waals surface area contributed by atoms with Gasteiger partial charge in [0.15, 0.2) is 0 Å². The Labute approximate surface area is 122 Å². The quantitative estimate of drug-likeness (QED) is 0.621. The molecule has 1 fully saturated rings. The summed E-state index contributed by atoms with van der Waals surface area (Å²) in [5.41, 5.74) is 0.951. The summed E-state index contributed by atoms with van der Waals surface area (Å²) in [7, 11) is 0. The maximum absolute atomic E-state index is 12.3. The van der Waals surface area contributed by atoms with Gasteiger partial charge in [0, 0.05) is 5.38 Å². The van der Waals surface area contributed by atoms with Gasteiger partial charge in [0.25, 0.3) is 11.8 Å². The highest BCUT2D eigenvalue weighted by atomic mass is 35.5. The number of hydrogen-bond acceptors (Lipinski definition) is 3. The number of halogens is 1. The van der Waals surface area contributed by atoms with Gasteiger partial charge in [-0.15, -0.1) is 11.6 Å². The van der Waals surface area contributed by atoms with E-state index in [0.29, 0.717) is 17.5 Å². The summed E-state index contributed by atoms with van der Waals surface area (Å²) >= 11 is 6.19. The molecule has 2 aliphatic rings. The second kappa shape index (κ2) is 5.19. The molecule has 1 aromatic carbocycles. The van der Waals surface area contributed by atoms with Gasteiger partial charge in [-0.3, -0.25) is 14.5 Å². The van der Waals surface area contributed by atoms with Crippen LogP contribution in [0.4, 0.5) is 0 Å². The van der Waals surface area contributed by atoms with E-state index in [4.69, 9.17) is 16.3 Å². The number of hydrogen-bond donors (Lipinski definition) is 0. The van der Waals surface area contributed by atoms with Gasteiger partial charge in [0.1, 0.15) is 0 Å². The van der Waals surface area contributed by atoms with Crippen LogP contribution in [0.3, 0.4) is 0 Å². The first-order valence-corrected chi connectivity index (χ1v) is 7.24. The molecule has 1 saturated heterocycles. The van der Waals surface area contributed by atoms with Gasteiger partial charge >= 0.3 is 0 Å². The van der Waals surface area contributed by atoms with Gasteiger partial charge in [0.05, 0.1) is 29.9 Å².